The van der Waals surface area contributed by atoms with Gasteiger partial charge < -0.3 is 5.32 Å². The Hall–Kier alpha value is -3.02. The van der Waals surface area contributed by atoms with E-state index in [9.17, 15) is 4.79 Å². The van der Waals surface area contributed by atoms with Crippen molar-refractivity contribution in [1.29, 1.82) is 0 Å². The number of benzene rings is 2. The van der Waals surface area contributed by atoms with Gasteiger partial charge in [-0.05, 0) is 61.1 Å². The normalized spacial score (nSPS) is 12.0. The van der Waals surface area contributed by atoms with Gasteiger partial charge in [-0.25, -0.2) is 0 Å². The van der Waals surface area contributed by atoms with E-state index in [2.05, 4.69) is 57.1 Å². The molecule has 1 heterocycles. The number of amides is 1. The van der Waals surface area contributed by atoms with Gasteiger partial charge >= 0.3 is 0 Å². The lowest BCUT2D eigenvalue weighted by Gasteiger charge is -2.15. The number of aromatic nitrogens is 4. The van der Waals surface area contributed by atoms with E-state index in [0.717, 1.165) is 23.2 Å². The fraction of sp³-hybridized carbons (Fsp3) is 0.300. The smallest absolute Gasteiger partial charge is 0.235 e. The molecule has 26 heavy (non-hydrogen) atoms. The Balaban J connectivity index is 1.81. The van der Waals surface area contributed by atoms with Gasteiger partial charge in [0.05, 0.1) is 0 Å². The van der Waals surface area contributed by atoms with Crippen LogP contribution in [0.3, 0.4) is 0 Å². The first-order chi connectivity index (χ1) is 12.6. The molecule has 1 amide bonds. The first-order valence-corrected chi connectivity index (χ1v) is 8.76. The predicted octanol–water partition coefficient (Wildman–Crippen LogP) is 3.34. The maximum absolute atomic E-state index is 12.9. The third kappa shape index (κ3) is 4.14. The van der Waals surface area contributed by atoms with Gasteiger partial charge in [-0.15, -0.1) is 10.2 Å². The van der Waals surface area contributed by atoms with Crippen LogP contribution in [0.25, 0.3) is 0 Å². The molecule has 0 unspecified atom stereocenters. The summed E-state index contributed by atoms with van der Waals surface area (Å²) < 4.78 is 0. The quantitative estimate of drug-likeness (QED) is 0.715. The molecule has 0 saturated carbocycles. The Bertz CT molecular complexity index is 872. The van der Waals surface area contributed by atoms with E-state index in [4.69, 9.17) is 0 Å². The van der Waals surface area contributed by atoms with Gasteiger partial charge in [0, 0.05) is 5.69 Å². The average Bonchev–Trinajstić information content (AvgIpc) is 3.17. The third-order valence-corrected chi connectivity index (χ3v) is 4.64. The summed E-state index contributed by atoms with van der Waals surface area (Å²) in [6.45, 7) is 6.19. The van der Waals surface area contributed by atoms with Crippen molar-refractivity contribution in [1.82, 2.24) is 20.6 Å². The Labute approximate surface area is 153 Å². The van der Waals surface area contributed by atoms with Crippen LogP contribution in [0.5, 0.6) is 0 Å². The number of aromatic amines is 1. The minimum Gasteiger partial charge on any atom is -0.325 e. The summed E-state index contributed by atoms with van der Waals surface area (Å²) in [5.41, 5.74) is 5.42. The molecule has 0 saturated heterocycles. The summed E-state index contributed by atoms with van der Waals surface area (Å²) in [4.78, 5) is 12.9. The zero-order valence-electron chi connectivity index (χ0n) is 15.3. The van der Waals surface area contributed by atoms with Crippen molar-refractivity contribution < 1.29 is 4.79 Å². The average molecular weight is 349 g/mol. The lowest BCUT2D eigenvalue weighted by Crippen LogP contribution is -2.24. The molecule has 0 aliphatic heterocycles. The highest BCUT2D eigenvalue weighted by Crippen LogP contribution is 2.21. The summed E-state index contributed by atoms with van der Waals surface area (Å²) in [5, 5.41) is 17.1. The molecule has 3 aromatic rings. The summed E-state index contributed by atoms with van der Waals surface area (Å²) in [7, 11) is 0. The molecule has 6 nitrogen and oxygen atoms in total. The Morgan fingerprint density at radius 3 is 2.42 bits per heavy atom. The van der Waals surface area contributed by atoms with Crippen LogP contribution in [-0.4, -0.2) is 26.5 Å². The van der Waals surface area contributed by atoms with Crippen LogP contribution in [0.1, 0.15) is 40.9 Å². The van der Waals surface area contributed by atoms with Crippen molar-refractivity contribution in [3.05, 3.63) is 70.5 Å². The summed E-state index contributed by atoms with van der Waals surface area (Å²) >= 11 is 0. The van der Waals surface area contributed by atoms with E-state index in [1.54, 1.807) is 0 Å². The Kier molecular flexibility index (Phi) is 5.41. The molecule has 0 radical (unpaired) electrons. The molecule has 0 fully saturated rings. The molecule has 2 N–H and O–H groups in total. The molecule has 6 heteroatoms. The van der Waals surface area contributed by atoms with Crippen LogP contribution in [0.15, 0.2) is 42.5 Å². The largest absolute Gasteiger partial charge is 0.325 e. The number of nitrogens with zero attached hydrogens (tertiary/aromatic N) is 3. The number of carbonyl (C=O) groups is 1. The predicted molar refractivity (Wildman–Crippen MR) is 101 cm³/mol. The first-order valence-electron chi connectivity index (χ1n) is 8.76. The summed E-state index contributed by atoms with van der Waals surface area (Å²) in [5.74, 6) is -0.261. The van der Waals surface area contributed by atoms with Crippen LogP contribution in [0.2, 0.25) is 0 Å². The minimum atomic E-state index is -0.511. The second-order valence-electron chi connectivity index (χ2n) is 6.49. The second-order valence-corrected chi connectivity index (χ2v) is 6.49. The zero-order chi connectivity index (χ0) is 18.5. The van der Waals surface area contributed by atoms with Crippen LogP contribution >= 0.6 is 0 Å². The third-order valence-electron chi connectivity index (χ3n) is 4.64. The fourth-order valence-electron chi connectivity index (χ4n) is 2.81. The lowest BCUT2D eigenvalue weighted by atomic mass is 9.96. The van der Waals surface area contributed by atoms with Gasteiger partial charge in [0.1, 0.15) is 5.92 Å². The van der Waals surface area contributed by atoms with E-state index >= 15 is 0 Å². The number of hydrogen-bond donors (Lipinski definition) is 2. The Morgan fingerprint density at radius 1 is 1.08 bits per heavy atom. The van der Waals surface area contributed by atoms with Crippen LogP contribution in [0, 0.1) is 13.8 Å². The number of carbonyl (C=O) groups excluding carboxylic acids is 1. The molecule has 1 aromatic heterocycles. The molecule has 2 aromatic carbocycles. The molecular weight excluding hydrogens is 326 g/mol. The van der Waals surface area contributed by atoms with E-state index < -0.39 is 5.92 Å². The lowest BCUT2D eigenvalue weighted by molar-refractivity contribution is -0.117. The summed E-state index contributed by atoms with van der Waals surface area (Å²) in [6, 6.07) is 14.1. The number of H-pyrrole nitrogens is 1. The number of aryl methyl sites for hydroxylation is 3. The van der Waals surface area contributed by atoms with Gasteiger partial charge in [0.2, 0.25) is 5.91 Å². The van der Waals surface area contributed by atoms with Crippen molar-refractivity contribution in [3.8, 4) is 0 Å². The topological polar surface area (TPSA) is 83.6 Å². The van der Waals surface area contributed by atoms with Crippen molar-refractivity contribution in [2.45, 2.75) is 39.5 Å². The fourth-order valence-corrected chi connectivity index (χ4v) is 2.81. The van der Waals surface area contributed by atoms with Gasteiger partial charge in [-0.2, -0.15) is 5.21 Å². The van der Waals surface area contributed by atoms with Gasteiger partial charge in [-0.1, -0.05) is 42.5 Å². The minimum absolute atomic E-state index is 0.144. The molecule has 0 aliphatic carbocycles. The molecule has 0 aliphatic rings. The molecule has 134 valence electrons. The van der Waals surface area contributed by atoms with Crippen LogP contribution in [0.4, 0.5) is 5.69 Å². The highest BCUT2D eigenvalue weighted by Gasteiger charge is 2.25. The SMILES string of the molecule is CCc1ccc(C[C@H](C(=O)Nc2ccc(C)c(C)c2)c2nn[nH]n2)cc1. The monoisotopic (exact) mass is 349 g/mol. The van der Waals surface area contributed by atoms with Crippen LogP contribution in [-0.2, 0) is 17.6 Å². The molecule has 1 atom stereocenters. The van der Waals surface area contributed by atoms with E-state index in [0.29, 0.717) is 12.2 Å². The number of rotatable bonds is 6. The number of nitrogens with one attached hydrogen (secondary N) is 2. The van der Waals surface area contributed by atoms with Gasteiger partial charge in [0.15, 0.2) is 5.82 Å². The summed E-state index contributed by atoms with van der Waals surface area (Å²) in [6.07, 6.45) is 1.50. The molecule has 0 bridgehead atoms. The number of anilines is 1. The standard InChI is InChI=1S/C20H23N5O/c1-4-15-6-8-16(9-7-15)12-18(19-22-24-25-23-19)20(26)21-17-10-5-13(2)14(3)11-17/h5-11,18H,4,12H2,1-3H3,(H,21,26)(H,22,23,24,25)/t18-/m0/s1. The van der Waals surface area contributed by atoms with E-state index in [1.807, 2.05) is 32.0 Å². The van der Waals surface area contributed by atoms with Crippen LogP contribution < -0.4 is 5.32 Å². The molecule has 0 spiro atoms. The zero-order valence-corrected chi connectivity index (χ0v) is 15.3. The van der Waals surface area contributed by atoms with Crippen molar-refractivity contribution in [2.24, 2.45) is 0 Å². The van der Waals surface area contributed by atoms with E-state index in [1.165, 1.54) is 11.1 Å². The maximum atomic E-state index is 12.9. The maximum Gasteiger partial charge on any atom is 0.235 e. The van der Waals surface area contributed by atoms with Gasteiger partial charge in [-0.3, -0.25) is 4.79 Å². The first kappa shape index (κ1) is 17.8. The van der Waals surface area contributed by atoms with Crippen molar-refractivity contribution in [2.75, 3.05) is 5.32 Å². The molecule has 3 rings (SSSR count). The number of tetrazole rings is 1. The van der Waals surface area contributed by atoms with Crippen molar-refractivity contribution >= 4 is 11.6 Å². The molecular formula is C20H23N5O. The Morgan fingerprint density at radius 2 is 1.81 bits per heavy atom. The van der Waals surface area contributed by atoms with Gasteiger partial charge in [0.25, 0.3) is 0 Å². The highest BCUT2D eigenvalue weighted by atomic mass is 16.1. The van der Waals surface area contributed by atoms with Crippen molar-refractivity contribution in [3.63, 3.8) is 0 Å². The van der Waals surface area contributed by atoms with E-state index in [-0.39, 0.29) is 5.91 Å². The highest BCUT2D eigenvalue weighted by molar-refractivity contribution is 5.95. The number of hydrogen-bond acceptors (Lipinski definition) is 4. The second kappa shape index (κ2) is 7.91.